The van der Waals surface area contributed by atoms with Crippen LogP contribution in [-0.4, -0.2) is 21.1 Å². The molecule has 0 spiro atoms. The summed E-state index contributed by atoms with van der Waals surface area (Å²) < 4.78 is 1.38. The molecular formula is C15H14N4OS. The molecular weight excluding hydrogens is 284 g/mol. The summed E-state index contributed by atoms with van der Waals surface area (Å²) in [6.45, 7) is 3.52. The molecule has 0 radical (unpaired) electrons. The third-order valence-electron chi connectivity index (χ3n) is 3.74. The minimum atomic E-state index is -0.105. The Morgan fingerprint density at radius 2 is 2.19 bits per heavy atom. The predicted octanol–water partition coefficient (Wildman–Crippen LogP) is 2.02. The van der Waals surface area contributed by atoms with Crippen LogP contribution < -0.4 is 10.5 Å². The van der Waals surface area contributed by atoms with Gasteiger partial charge in [0.1, 0.15) is 5.01 Å². The molecule has 1 aromatic carbocycles. The van der Waals surface area contributed by atoms with E-state index in [-0.39, 0.29) is 5.56 Å². The molecule has 0 aliphatic carbocycles. The second-order valence-corrected chi connectivity index (χ2v) is 6.36. The first-order valence-electron chi connectivity index (χ1n) is 6.90. The SMILES string of the molecule is Cc1nn2c(=O)cc(CN3CCc4ccccc43)nc2s1. The van der Waals surface area contributed by atoms with Crippen molar-refractivity contribution in [1.29, 1.82) is 0 Å². The molecule has 4 rings (SSSR count). The van der Waals surface area contributed by atoms with Crippen LogP contribution in [0, 0.1) is 6.92 Å². The van der Waals surface area contributed by atoms with E-state index >= 15 is 0 Å². The lowest BCUT2D eigenvalue weighted by atomic mass is 10.2. The van der Waals surface area contributed by atoms with Gasteiger partial charge >= 0.3 is 0 Å². The lowest BCUT2D eigenvalue weighted by Crippen LogP contribution is -2.23. The Balaban J connectivity index is 1.71. The quantitative estimate of drug-likeness (QED) is 0.726. The second kappa shape index (κ2) is 4.66. The highest BCUT2D eigenvalue weighted by molar-refractivity contribution is 7.16. The van der Waals surface area contributed by atoms with Crippen molar-refractivity contribution in [2.75, 3.05) is 11.4 Å². The Hall–Kier alpha value is -2.21. The van der Waals surface area contributed by atoms with E-state index in [4.69, 9.17) is 0 Å². The molecule has 1 aliphatic heterocycles. The van der Waals surface area contributed by atoms with Crippen molar-refractivity contribution in [3.05, 3.63) is 57.0 Å². The van der Waals surface area contributed by atoms with Crippen LogP contribution in [0.4, 0.5) is 5.69 Å². The molecule has 0 N–H and O–H groups in total. The normalized spacial score (nSPS) is 13.9. The zero-order valence-electron chi connectivity index (χ0n) is 11.6. The minimum absolute atomic E-state index is 0.105. The number of para-hydroxylation sites is 1. The summed E-state index contributed by atoms with van der Waals surface area (Å²) in [7, 11) is 0. The third-order valence-corrected chi connectivity index (χ3v) is 4.56. The molecule has 0 saturated carbocycles. The van der Waals surface area contributed by atoms with Crippen molar-refractivity contribution < 1.29 is 0 Å². The molecule has 5 nitrogen and oxygen atoms in total. The topological polar surface area (TPSA) is 50.5 Å². The Labute approximate surface area is 125 Å². The zero-order valence-corrected chi connectivity index (χ0v) is 12.4. The van der Waals surface area contributed by atoms with E-state index in [9.17, 15) is 4.79 Å². The zero-order chi connectivity index (χ0) is 14.4. The van der Waals surface area contributed by atoms with Gasteiger partial charge in [-0.1, -0.05) is 29.5 Å². The molecule has 1 aliphatic rings. The van der Waals surface area contributed by atoms with Gasteiger partial charge in [0.2, 0.25) is 4.96 Å². The Morgan fingerprint density at radius 3 is 3.10 bits per heavy atom. The molecule has 3 heterocycles. The monoisotopic (exact) mass is 298 g/mol. The Morgan fingerprint density at radius 1 is 1.33 bits per heavy atom. The maximum atomic E-state index is 12.1. The van der Waals surface area contributed by atoms with E-state index in [1.54, 1.807) is 6.07 Å². The number of aromatic nitrogens is 3. The number of rotatable bonds is 2. The van der Waals surface area contributed by atoms with Crippen molar-refractivity contribution in [1.82, 2.24) is 14.6 Å². The van der Waals surface area contributed by atoms with Crippen LogP contribution in [0.1, 0.15) is 16.3 Å². The molecule has 0 atom stereocenters. The highest BCUT2D eigenvalue weighted by Gasteiger charge is 2.19. The van der Waals surface area contributed by atoms with Crippen molar-refractivity contribution in [2.45, 2.75) is 19.9 Å². The second-order valence-electron chi connectivity index (χ2n) is 5.20. The number of fused-ring (bicyclic) bond motifs is 2. The standard InChI is InChI=1S/C15H14N4OS/c1-10-17-19-14(20)8-12(16-15(19)21-10)9-18-7-6-11-4-2-3-5-13(11)18/h2-5,8H,6-7,9H2,1H3. The van der Waals surface area contributed by atoms with E-state index < -0.39 is 0 Å². The summed E-state index contributed by atoms with van der Waals surface area (Å²) in [5, 5.41) is 5.02. The number of nitrogens with zero attached hydrogens (tertiary/aromatic N) is 4. The highest BCUT2D eigenvalue weighted by atomic mass is 32.1. The van der Waals surface area contributed by atoms with Crippen LogP contribution in [0.5, 0.6) is 0 Å². The fourth-order valence-corrected chi connectivity index (χ4v) is 3.57. The van der Waals surface area contributed by atoms with Gasteiger partial charge in [0.25, 0.3) is 5.56 Å². The van der Waals surface area contributed by atoms with Gasteiger partial charge < -0.3 is 4.90 Å². The summed E-state index contributed by atoms with van der Waals surface area (Å²) in [5.41, 5.74) is 3.32. The first-order chi connectivity index (χ1) is 10.2. The molecule has 0 amide bonds. The van der Waals surface area contributed by atoms with Crippen LogP contribution in [0.3, 0.4) is 0 Å². The van der Waals surface area contributed by atoms with E-state index in [2.05, 4.69) is 39.2 Å². The first-order valence-corrected chi connectivity index (χ1v) is 7.71. The van der Waals surface area contributed by atoms with Crippen molar-refractivity contribution >= 4 is 22.0 Å². The maximum absolute atomic E-state index is 12.1. The number of hydrogen-bond donors (Lipinski definition) is 0. The molecule has 0 saturated heterocycles. The van der Waals surface area contributed by atoms with Gasteiger partial charge in [-0.25, -0.2) is 4.98 Å². The predicted molar refractivity (Wildman–Crippen MR) is 83.1 cm³/mol. The van der Waals surface area contributed by atoms with Crippen LogP contribution in [0.2, 0.25) is 0 Å². The van der Waals surface area contributed by atoms with Gasteiger partial charge in [0, 0.05) is 18.3 Å². The van der Waals surface area contributed by atoms with Crippen LogP contribution in [-0.2, 0) is 13.0 Å². The Kier molecular flexibility index (Phi) is 2.78. The lowest BCUT2D eigenvalue weighted by Gasteiger charge is -2.18. The molecule has 2 aromatic heterocycles. The molecule has 0 bridgehead atoms. The summed E-state index contributed by atoms with van der Waals surface area (Å²) in [4.78, 5) is 19.6. The lowest BCUT2D eigenvalue weighted by molar-refractivity contribution is 0.797. The minimum Gasteiger partial charge on any atom is -0.365 e. The van der Waals surface area contributed by atoms with Gasteiger partial charge in [-0.3, -0.25) is 4.79 Å². The van der Waals surface area contributed by atoms with Crippen molar-refractivity contribution in [2.24, 2.45) is 0 Å². The summed E-state index contributed by atoms with van der Waals surface area (Å²) in [5.74, 6) is 0. The van der Waals surface area contributed by atoms with Crippen molar-refractivity contribution in [3.63, 3.8) is 0 Å². The van der Waals surface area contributed by atoms with E-state index in [1.807, 2.05) is 6.92 Å². The molecule has 21 heavy (non-hydrogen) atoms. The summed E-state index contributed by atoms with van der Waals surface area (Å²) in [6, 6.07) is 10.00. The summed E-state index contributed by atoms with van der Waals surface area (Å²) >= 11 is 1.45. The van der Waals surface area contributed by atoms with Gasteiger partial charge in [-0.15, -0.1) is 0 Å². The molecule has 106 valence electrons. The fourth-order valence-electron chi connectivity index (χ4n) is 2.80. The van der Waals surface area contributed by atoms with E-state index in [0.717, 1.165) is 23.7 Å². The average molecular weight is 298 g/mol. The first kappa shape index (κ1) is 12.5. The van der Waals surface area contributed by atoms with Crippen molar-refractivity contribution in [3.8, 4) is 0 Å². The number of anilines is 1. The van der Waals surface area contributed by atoms with E-state index in [1.165, 1.54) is 27.1 Å². The fraction of sp³-hybridized carbons (Fsp3) is 0.267. The van der Waals surface area contributed by atoms with E-state index in [0.29, 0.717) is 11.5 Å². The smallest absolute Gasteiger partial charge is 0.275 e. The average Bonchev–Trinajstić information content (AvgIpc) is 3.03. The molecule has 6 heteroatoms. The number of hydrogen-bond acceptors (Lipinski definition) is 5. The molecule has 0 unspecified atom stereocenters. The van der Waals surface area contributed by atoms with Crippen LogP contribution >= 0.6 is 11.3 Å². The number of aryl methyl sites for hydroxylation is 1. The van der Waals surface area contributed by atoms with Gasteiger partial charge in [-0.2, -0.15) is 9.61 Å². The van der Waals surface area contributed by atoms with Gasteiger partial charge in [-0.05, 0) is 25.0 Å². The van der Waals surface area contributed by atoms with Gasteiger partial charge in [0.15, 0.2) is 0 Å². The Bertz CT molecular complexity index is 883. The number of benzene rings is 1. The van der Waals surface area contributed by atoms with Crippen LogP contribution in [0.25, 0.3) is 4.96 Å². The molecule has 0 fully saturated rings. The largest absolute Gasteiger partial charge is 0.365 e. The highest BCUT2D eigenvalue weighted by Crippen LogP contribution is 2.28. The summed E-state index contributed by atoms with van der Waals surface area (Å²) in [6.07, 6.45) is 1.05. The third kappa shape index (κ3) is 2.12. The van der Waals surface area contributed by atoms with Crippen LogP contribution in [0.15, 0.2) is 35.1 Å². The van der Waals surface area contributed by atoms with Gasteiger partial charge in [0.05, 0.1) is 12.2 Å². The maximum Gasteiger partial charge on any atom is 0.275 e. The molecule has 3 aromatic rings.